The van der Waals surface area contributed by atoms with E-state index in [-0.39, 0.29) is 64.5 Å². The molecule has 1 aromatic carbocycles. The van der Waals surface area contributed by atoms with Crippen LogP contribution < -0.4 is 0 Å². The van der Waals surface area contributed by atoms with Crippen molar-refractivity contribution >= 4 is 37.2 Å². The van der Waals surface area contributed by atoms with Gasteiger partial charge < -0.3 is 0 Å². The van der Waals surface area contributed by atoms with Crippen LogP contribution in [0.3, 0.4) is 0 Å². The number of nitrogens with zero attached hydrogens (tertiary/aromatic N) is 1. The van der Waals surface area contributed by atoms with Gasteiger partial charge in [-0.15, -0.1) is 43.6 Å². The molecule has 1 aliphatic rings. The van der Waals surface area contributed by atoms with Crippen LogP contribution in [-0.2, 0) is 27.3 Å². The van der Waals surface area contributed by atoms with Crippen molar-refractivity contribution in [2.24, 2.45) is 0 Å². The summed E-state index contributed by atoms with van der Waals surface area (Å²) >= 11 is 0. The Kier molecular flexibility index (Phi) is 15.6. The Labute approximate surface area is 168 Å². The molecule has 1 nitrogen and oxygen atoms in total. The number of halogens is 3. The molecule has 0 bridgehead atoms. The second-order valence-corrected chi connectivity index (χ2v) is 4.81. The molecule has 1 aliphatic carbocycles. The molecule has 0 saturated carbocycles. The topological polar surface area (TPSA) is 3.24 Å². The van der Waals surface area contributed by atoms with Crippen LogP contribution in [0.5, 0.6) is 0 Å². The summed E-state index contributed by atoms with van der Waals surface area (Å²) in [6, 6.07) is 10.8. The van der Waals surface area contributed by atoms with Gasteiger partial charge in [0.15, 0.2) is 0 Å². The summed E-state index contributed by atoms with van der Waals surface area (Å²) in [5, 5.41) is 0. The molecule has 2 rings (SSSR count). The molecule has 0 aromatic heterocycles. The van der Waals surface area contributed by atoms with Gasteiger partial charge in [0.1, 0.15) is 0 Å². The van der Waals surface area contributed by atoms with Crippen molar-refractivity contribution in [1.29, 1.82) is 0 Å². The third-order valence-electron chi connectivity index (χ3n) is 3.95. The Morgan fingerprint density at radius 2 is 1.59 bits per heavy atom. The fraction of sp³-hybridized carbons (Fsp3) is 0.412. The van der Waals surface area contributed by atoms with Gasteiger partial charge in [-0.2, -0.15) is 11.6 Å². The van der Waals surface area contributed by atoms with Gasteiger partial charge in [0.05, 0.1) is 0 Å². The van der Waals surface area contributed by atoms with Crippen molar-refractivity contribution in [2.45, 2.75) is 32.7 Å². The Bertz CT molecular complexity index is 458. The molecule has 5 heteroatoms. The van der Waals surface area contributed by atoms with Crippen LogP contribution in [-0.4, -0.2) is 18.0 Å². The summed E-state index contributed by atoms with van der Waals surface area (Å²) < 4.78 is 0. The molecule has 124 valence electrons. The van der Waals surface area contributed by atoms with E-state index in [0.29, 0.717) is 0 Å². The first-order valence-corrected chi connectivity index (χ1v) is 6.81. The van der Waals surface area contributed by atoms with Crippen molar-refractivity contribution in [3.63, 3.8) is 0 Å². The Hall–Kier alpha value is 0.244. The fourth-order valence-electron chi connectivity index (χ4n) is 2.87. The SMILES string of the molecule is CCN(CC)C(C)(C1=[C-]CC=C1)c1ccccc1.Cl.Cl.Cl.[Ti]. The number of benzene rings is 1. The largest absolute Gasteiger partial charge is 0.293 e. The fourth-order valence-corrected chi connectivity index (χ4v) is 2.87. The third-order valence-corrected chi connectivity index (χ3v) is 3.95. The van der Waals surface area contributed by atoms with Crippen molar-refractivity contribution in [1.82, 2.24) is 4.90 Å². The molecule has 1 atom stereocenters. The molecule has 1 unspecified atom stereocenters. The van der Waals surface area contributed by atoms with Crippen LogP contribution in [0.15, 0.2) is 48.1 Å². The average molecular weight is 398 g/mol. The summed E-state index contributed by atoms with van der Waals surface area (Å²) in [5.41, 5.74) is 2.60. The first-order valence-electron chi connectivity index (χ1n) is 6.81. The van der Waals surface area contributed by atoms with Gasteiger partial charge in [-0.05, 0) is 25.6 Å². The van der Waals surface area contributed by atoms with Gasteiger partial charge in [0.25, 0.3) is 0 Å². The molecule has 0 heterocycles. The summed E-state index contributed by atoms with van der Waals surface area (Å²) in [4.78, 5) is 2.50. The molecule has 0 N–H and O–H groups in total. The van der Waals surface area contributed by atoms with E-state index in [9.17, 15) is 0 Å². The summed E-state index contributed by atoms with van der Waals surface area (Å²) in [7, 11) is 0. The van der Waals surface area contributed by atoms with E-state index in [1.165, 1.54) is 11.1 Å². The molecule has 0 fully saturated rings. The molecular formula is C17H25Cl3NTi-. The predicted octanol–water partition coefficient (Wildman–Crippen LogP) is 5.20. The van der Waals surface area contributed by atoms with Gasteiger partial charge in [-0.3, -0.25) is 11.0 Å². The normalized spacial score (nSPS) is 14.6. The minimum atomic E-state index is -0.0578. The number of allylic oxidation sites excluding steroid dienone is 2. The molecule has 0 amide bonds. The second kappa shape index (κ2) is 12.6. The van der Waals surface area contributed by atoms with Crippen LogP contribution >= 0.6 is 37.2 Å². The molecule has 0 radical (unpaired) electrons. The van der Waals surface area contributed by atoms with Crippen molar-refractivity contribution in [3.05, 3.63) is 59.7 Å². The average Bonchev–Trinajstić information content (AvgIpc) is 2.95. The van der Waals surface area contributed by atoms with Gasteiger partial charge in [0, 0.05) is 27.3 Å². The molecular weight excluding hydrogens is 372 g/mol. The molecule has 22 heavy (non-hydrogen) atoms. The number of likely N-dealkylation sites (N-methyl/N-ethyl adjacent to an activating group) is 1. The zero-order chi connectivity index (χ0) is 13.0. The van der Waals surface area contributed by atoms with Crippen LogP contribution in [0.4, 0.5) is 0 Å². The maximum atomic E-state index is 3.51. The minimum absolute atomic E-state index is 0. The van der Waals surface area contributed by atoms with E-state index in [0.717, 1.165) is 19.5 Å². The first kappa shape index (κ1) is 27.1. The van der Waals surface area contributed by atoms with Crippen LogP contribution in [0.1, 0.15) is 32.8 Å². The van der Waals surface area contributed by atoms with E-state index in [2.05, 4.69) is 74.2 Å². The maximum Gasteiger partial charge on any atom is 0.0354 e. The number of hydrogen-bond donors (Lipinski definition) is 0. The van der Waals surface area contributed by atoms with E-state index in [4.69, 9.17) is 0 Å². The minimum Gasteiger partial charge on any atom is -0.293 e. The molecule has 1 aromatic rings. The van der Waals surface area contributed by atoms with Crippen molar-refractivity contribution in [2.75, 3.05) is 13.1 Å². The zero-order valence-corrected chi connectivity index (χ0v) is 17.3. The Morgan fingerprint density at radius 1 is 1.05 bits per heavy atom. The standard InChI is InChI=1S/C17H22N.3ClH.Ti/c1-4-18(5-2)17(3,16-13-9-10-14-16)15-11-7-6-8-12-15;;;;/h6-9,11-13H,4-5,10H2,1-3H3;3*1H;/q-1;;;;. The summed E-state index contributed by atoms with van der Waals surface area (Å²) in [6.45, 7) is 8.85. The van der Waals surface area contributed by atoms with E-state index >= 15 is 0 Å². The van der Waals surface area contributed by atoms with Gasteiger partial charge in [-0.1, -0.05) is 44.2 Å². The van der Waals surface area contributed by atoms with E-state index in [1.54, 1.807) is 0 Å². The van der Waals surface area contributed by atoms with Crippen molar-refractivity contribution in [3.8, 4) is 0 Å². The summed E-state index contributed by atoms with van der Waals surface area (Å²) in [5.74, 6) is 0. The Morgan fingerprint density at radius 3 is 2.00 bits per heavy atom. The number of hydrogen-bond acceptors (Lipinski definition) is 1. The van der Waals surface area contributed by atoms with Gasteiger partial charge >= 0.3 is 0 Å². The molecule has 0 aliphatic heterocycles. The molecule has 0 spiro atoms. The predicted molar refractivity (Wildman–Crippen MR) is 99.0 cm³/mol. The monoisotopic (exact) mass is 396 g/mol. The quantitative estimate of drug-likeness (QED) is 0.488. The van der Waals surface area contributed by atoms with Crippen LogP contribution in [0.2, 0.25) is 0 Å². The van der Waals surface area contributed by atoms with Crippen LogP contribution in [0, 0.1) is 6.08 Å². The third kappa shape index (κ3) is 5.40. The van der Waals surface area contributed by atoms with E-state index in [1.807, 2.05) is 0 Å². The Balaban J connectivity index is -0.000000902. The zero-order valence-electron chi connectivity index (χ0n) is 13.3. The van der Waals surface area contributed by atoms with Crippen LogP contribution in [0.25, 0.3) is 0 Å². The van der Waals surface area contributed by atoms with E-state index < -0.39 is 0 Å². The number of rotatable bonds is 5. The van der Waals surface area contributed by atoms with Crippen molar-refractivity contribution < 1.29 is 21.7 Å². The first-order chi connectivity index (χ1) is 8.73. The smallest absolute Gasteiger partial charge is 0.0354 e. The van der Waals surface area contributed by atoms with Gasteiger partial charge in [-0.25, -0.2) is 6.08 Å². The molecule has 0 saturated heterocycles. The maximum absolute atomic E-state index is 3.51. The summed E-state index contributed by atoms with van der Waals surface area (Å²) in [6.07, 6.45) is 8.87. The van der Waals surface area contributed by atoms with Gasteiger partial charge in [0.2, 0.25) is 0 Å². The second-order valence-electron chi connectivity index (χ2n) is 4.81.